The smallest absolute Gasteiger partial charge is 0.246 e. The summed E-state index contributed by atoms with van der Waals surface area (Å²) in [4.78, 5) is 11.4. The Morgan fingerprint density at radius 1 is 1.32 bits per heavy atom. The predicted octanol–water partition coefficient (Wildman–Crippen LogP) is 0.375. The van der Waals surface area contributed by atoms with Gasteiger partial charge in [0.25, 0.3) is 0 Å². The average molecular weight is 286 g/mol. The average Bonchev–Trinajstić information content (AvgIpc) is 2.33. The standard InChI is InChI=1S/C12H18N2O4S/c1-9(2)18-8-12(15)14-7-10-3-5-11(6-4-10)19(13,16)17/h3-6,9H,7-8H2,1-2H3,(H,14,15)(H2,13,16,17). The van der Waals surface area contributed by atoms with E-state index in [0.29, 0.717) is 6.54 Å². The van der Waals surface area contributed by atoms with Gasteiger partial charge in [-0.15, -0.1) is 0 Å². The van der Waals surface area contributed by atoms with Gasteiger partial charge in [-0.2, -0.15) is 0 Å². The number of carbonyl (C=O) groups excluding carboxylic acids is 1. The molecule has 6 nitrogen and oxygen atoms in total. The maximum atomic E-state index is 11.4. The van der Waals surface area contributed by atoms with E-state index in [4.69, 9.17) is 9.88 Å². The van der Waals surface area contributed by atoms with E-state index in [1.54, 1.807) is 12.1 Å². The van der Waals surface area contributed by atoms with Gasteiger partial charge in [0.05, 0.1) is 11.0 Å². The molecule has 0 unspecified atom stereocenters. The molecule has 0 saturated heterocycles. The zero-order chi connectivity index (χ0) is 14.5. The van der Waals surface area contributed by atoms with Crippen LogP contribution in [0.25, 0.3) is 0 Å². The Kier molecular flexibility index (Phi) is 5.46. The quantitative estimate of drug-likeness (QED) is 0.789. The number of nitrogens with two attached hydrogens (primary N) is 1. The fourth-order valence-electron chi connectivity index (χ4n) is 1.29. The highest BCUT2D eigenvalue weighted by Gasteiger charge is 2.07. The van der Waals surface area contributed by atoms with Crippen LogP contribution in [0.15, 0.2) is 29.2 Å². The molecule has 0 aliphatic carbocycles. The minimum absolute atomic E-state index is 0.000190. The third-order valence-electron chi connectivity index (χ3n) is 2.29. The van der Waals surface area contributed by atoms with Crippen LogP contribution in [0, 0.1) is 0 Å². The van der Waals surface area contributed by atoms with Crippen LogP contribution < -0.4 is 10.5 Å². The van der Waals surface area contributed by atoms with Crippen LogP contribution >= 0.6 is 0 Å². The van der Waals surface area contributed by atoms with Crippen LogP contribution in [-0.2, 0) is 26.1 Å². The fourth-order valence-corrected chi connectivity index (χ4v) is 1.81. The van der Waals surface area contributed by atoms with Gasteiger partial charge in [0.2, 0.25) is 15.9 Å². The van der Waals surface area contributed by atoms with Gasteiger partial charge >= 0.3 is 0 Å². The van der Waals surface area contributed by atoms with Crippen molar-refractivity contribution in [1.29, 1.82) is 0 Å². The van der Waals surface area contributed by atoms with Gasteiger partial charge in [-0.25, -0.2) is 13.6 Å². The van der Waals surface area contributed by atoms with Gasteiger partial charge < -0.3 is 10.1 Å². The number of ether oxygens (including phenoxy) is 1. The van der Waals surface area contributed by atoms with Gasteiger partial charge in [-0.3, -0.25) is 4.79 Å². The lowest BCUT2D eigenvalue weighted by Crippen LogP contribution is -2.28. The molecule has 0 saturated carbocycles. The predicted molar refractivity (Wildman–Crippen MR) is 70.7 cm³/mol. The molecule has 106 valence electrons. The Morgan fingerprint density at radius 3 is 2.37 bits per heavy atom. The van der Waals surface area contributed by atoms with E-state index in [2.05, 4.69) is 5.32 Å². The summed E-state index contributed by atoms with van der Waals surface area (Å²) in [7, 11) is -3.68. The lowest BCUT2D eigenvalue weighted by molar-refractivity contribution is -0.127. The monoisotopic (exact) mass is 286 g/mol. The highest BCUT2D eigenvalue weighted by Crippen LogP contribution is 2.08. The fraction of sp³-hybridized carbons (Fsp3) is 0.417. The first kappa shape index (κ1) is 15.6. The van der Waals surface area contributed by atoms with Crippen molar-refractivity contribution in [2.75, 3.05) is 6.61 Å². The van der Waals surface area contributed by atoms with Gasteiger partial charge in [-0.1, -0.05) is 12.1 Å². The van der Waals surface area contributed by atoms with Crippen molar-refractivity contribution in [3.05, 3.63) is 29.8 Å². The van der Waals surface area contributed by atoms with Crippen LogP contribution in [0.5, 0.6) is 0 Å². The van der Waals surface area contributed by atoms with E-state index in [1.807, 2.05) is 13.8 Å². The van der Waals surface area contributed by atoms with Gasteiger partial charge in [0, 0.05) is 6.54 Å². The molecule has 0 radical (unpaired) electrons. The second-order valence-corrected chi connectivity index (χ2v) is 5.89. The summed E-state index contributed by atoms with van der Waals surface area (Å²) in [5.41, 5.74) is 0.783. The lowest BCUT2D eigenvalue weighted by Gasteiger charge is -2.08. The van der Waals surface area contributed by atoms with E-state index >= 15 is 0 Å². The molecule has 1 aromatic rings. The first-order valence-electron chi connectivity index (χ1n) is 5.79. The maximum Gasteiger partial charge on any atom is 0.246 e. The zero-order valence-corrected chi connectivity index (χ0v) is 11.7. The number of carbonyl (C=O) groups is 1. The second-order valence-electron chi connectivity index (χ2n) is 4.33. The Hall–Kier alpha value is -1.44. The normalized spacial score (nSPS) is 11.6. The number of nitrogens with one attached hydrogen (secondary N) is 1. The summed E-state index contributed by atoms with van der Waals surface area (Å²) in [5.74, 6) is -0.218. The topological polar surface area (TPSA) is 98.5 Å². The van der Waals surface area contributed by atoms with E-state index in [9.17, 15) is 13.2 Å². The van der Waals surface area contributed by atoms with Crippen molar-refractivity contribution in [2.24, 2.45) is 5.14 Å². The van der Waals surface area contributed by atoms with Crippen molar-refractivity contribution in [1.82, 2.24) is 5.32 Å². The van der Waals surface area contributed by atoms with E-state index in [1.165, 1.54) is 12.1 Å². The van der Waals surface area contributed by atoms with Gasteiger partial charge in [-0.05, 0) is 31.5 Å². The lowest BCUT2D eigenvalue weighted by atomic mass is 10.2. The van der Waals surface area contributed by atoms with Crippen LogP contribution in [-0.4, -0.2) is 27.0 Å². The Labute approximate surface area is 113 Å². The Morgan fingerprint density at radius 2 is 1.89 bits per heavy atom. The molecule has 0 spiro atoms. The SMILES string of the molecule is CC(C)OCC(=O)NCc1ccc(S(N)(=O)=O)cc1. The first-order valence-corrected chi connectivity index (χ1v) is 7.33. The zero-order valence-electron chi connectivity index (χ0n) is 10.9. The number of hydrogen-bond donors (Lipinski definition) is 2. The first-order chi connectivity index (χ1) is 8.79. The summed E-state index contributed by atoms with van der Waals surface area (Å²) in [6.45, 7) is 4.01. The van der Waals surface area contributed by atoms with Gasteiger partial charge in [0.1, 0.15) is 6.61 Å². The molecule has 19 heavy (non-hydrogen) atoms. The van der Waals surface area contributed by atoms with Crippen molar-refractivity contribution in [3.8, 4) is 0 Å². The van der Waals surface area contributed by atoms with Crippen molar-refractivity contribution < 1.29 is 17.9 Å². The van der Waals surface area contributed by atoms with Crippen molar-refractivity contribution in [2.45, 2.75) is 31.4 Å². The molecule has 1 amide bonds. The third-order valence-corrected chi connectivity index (χ3v) is 3.22. The highest BCUT2D eigenvalue weighted by molar-refractivity contribution is 7.89. The molecule has 0 fully saturated rings. The summed E-state index contributed by atoms with van der Waals surface area (Å²) < 4.78 is 27.2. The molecule has 0 aliphatic heterocycles. The molecule has 7 heteroatoms. The van der Waals surface area contributed by atoms with Crippen molar-refractivity contribution >= 4 is 15.9 Å². The molecular weight excluding hydrogens is 268 g/mol. The number of primary sulfonamides is 1. The number of hydrogen-bond acceptors (Lipinski definition) is 4. The summed E-state index contributed by atoms with van der Waals surface area (Å²) in [5, 5.41) is 7.65. The molecule has 0 aliphatic rings. The second kappa shape index (κ2) is 6.65. The molecule has 0 atom stereocenters. The molecule has 0 heterocycles. The number of sulfonamides is 1. The molecule has 1 rings (SSSR count). The Balaban J connectivity index is 2.48. The summed E-state index contributed by atoms with van der Waals surface area (Å²) in [6, 6.07) is 6.01. The summed E-state index contributed by atoms with van der Waals surface area (Å²) >= 11 is 0. The van der Waals surface area contributed by atoms with Gasteiger partial charge in [0.15, 0.2) is 0 Å². The largest absolute Gasteiger partial charge is 0.369 e. The number of amides is 1. The van der Waals surface area contributed by atoms with E-state index in [0.717, 1.165) is 5.56 Å². The molecule has 0 aromatic heterocycles. The van der Waals surface area contributed by atoms with Crippen LogP contribution in [0.2, 0.25) is 0 Å². The molecule has 3 N–H and O–H groups in total. The minimum atomic E-state index is -3.68. The van der Waals surface area contributed by atoms with E-state index < -0.39 is 10.0 Å². The molecule has 1 aromatic carbocycles. The molecular formula is C12H18N2O4S. The number of benzene rings is 1. The van der Waals surface area contributed by atoms with Crippen LogP contribution in [0.4, 0.5) is 0 Å². The maximum absolute atomic E-state index is 11.4. The summed E-state index contributed by atoms with van der Waals surface area (Å²) in [6.07, 6.45) is -0.000190. The third kappa shape index (κ3) is 5.82. The van der Waals surface area contributed by atoms with E-state index in [-0.39, 0.29) is 23.5 Å². The van der Waals surface area contributed by atoms with Crippen molar-refractivity contribution in [3.63, 3.8) is 0 Å². The number of rotatable bonds is 6. The highest BCUT2D eigenvalue weighted by atomic mass is 32.2. The minimum Gasteiger partial charge on any atom is -0.369 e. The molecule has 0 bridgehead atoms. The van der Waals surface area contributed by atoms with Crippen LogP contribution in [0.1, 0.15) is 19.4 Å². The van der Waals surface area contributed by atoms with Crippen LogP contribution in [0.3, 0.4) is 0 Å². The Bertz CT molecular complexity index is 523.